The number of aromatic nitrogens is 2. The minimum absolute atomic E-state index is 0.0499. The van der Waals surface area contributed by atoms with Crippen molar-refractivity contribution in [2.24, 2.45) is 5.92 Å². The normalized spacial score (nSPS) is 15.6. The van der Waals surface area contributed by atoms with Gasteiger partial charge in [-0.1, -0.05) is 11.6 Å². The lowest BCUT2D eigenvalue weighted by molar-refractivity contribution is -0.177. The molecular weight excluding hydrogens is 374 g/mol. The maximum absolute atomic E-state index is 12.8. The summed E-state index contributed by atoms with van der Waals surface area (Å²) in [6.45, 7) is 11.4. The summed E-state index contributed by atoms with van der Waals surface area (Å²) < 4.78 is 10.7. The maximum Gasteiger partial charge on any atom is 0.313 e. The predicted octanol–water partition coefficient (Wildman–Crippen LogP) is 2.61. The van der Waals surface area contributed by atoms with Gasteiger partial charge in [0.15, 0.2) is 0 Å². The fraction of sp³-hybridized carbons (Fsp3) is 0.667. The lowest BCUT2D eigenvalue weighted by Gasteiger charge is -2.34. The molecule has 0 radical (unpaired) electrons. The topological polar surface area (TPSA) is 125 Å². The fourth-order valence-electron chi connectivity index (χ4n) is 2.45. The first-order valence-electron chi connectivity index (χ1n) is 8.48. The van der Waals surface area contributed by atoms with Crippen LogP contribution >= 0.6 is 11.6 Å². The molecule has 0 saturated heterocycles. The first kappa shape index (κ1) is 23.1. The Labute approximate surface area is 164 Å². The first-order chi connectivity index (χ1) is 12.0. The summed E-state index contributed by atoms with van der Waals surface area (Å²) in [6.07, 6.45) is 0.692. The SMILES string of the molecule is CC(C)(C)OC(=O)CC(C(=O)OC(C)(C)C)C(C)(O)c1c(N)ncnc1Cl. The molecule has 0 aromatic carbocycles. The van der Waals surface area contributed by atoms with Gasteiger partial charge < -0.3 is 20.3 Å². The molecule has 27 heavy (non-hydrogen) atoms. The second-order valence-corrected chi connectivity index (χ2v) is 8.81. The number of nitrogens with zero attached hydrogens (tertiary/aromatic N) is 2. The van der Waals surface area contributed by atoms with E-state index in [-0.39, 0.29) is 16.5 Å². The third-order valence-corrected chi connectivity index (χ3v) is 3.78. The highest BCUT2D eigenvalue weighted by atomic mass is 35.5. The summed E-state index contributed by atoms with van der Waals surface area (Å²) in [5, 5.41) is 11.0. The molecule has 0 bridgehead atoms. The van der Waals surface area contributed by atoms with E-state index in [1.165, 1.54) is 6.92 Å². The number of aliphatic hydroxyl groups is 1. The number of carbonyl (C=O) groups is 2. The van der Waals surface area contributed by atoms with Gasteiger partial charge in [0.05, 0.1) is 12.0 Å². The molecule has 0 aliphatic heterocycles. The second kappa shape index (κ2) is 7.98. The van der Waals surface area contributed by atoms with Crippen molar-refractivity contribution in [3.63, 3.8) is 0 Å². The number of rotatable bonds is 5. The Hall–Kier alpha value is -1.93. The van der Waals surface area contributed by atoms with Gasteiger partial charge in [-0.2, -0.15) is 0 Å². The molecule has 1 rings (SSSR count). The molecule has 0 amide bonds. The largest absolute Gasteiger partial charge is 0.460 e. The van der Waals surface area contributed by atoms with E-state index in [0.29, 0.717) is 0 Å². The highest BCUT2D eigenvalue weighted by Crippen LogP contribution is 2.39. The highest BCUT2D eigenvalue weighted by Gasteiger charge is 2.46. The Bertz CT molecular complexity index is 688. The third kappa shape index (κ3) is 6.62. The number of nitrogens with two attached hydrogens (primary N) is 1. The Balaban J connectivity index is 3.34. The summed E-state index contributed by atoms with van der Waals surface area (Å²) >= 11 is 6.08. The Morgan fingerprint density at radius 2 is 1.63 bits per heavy atom. The number of carbonyl (C=O) groups excluding carboxylic acids is 2. The molecule has 9 heteroatoms. The van der Waals surface area contributed by atoms with E-state index >= 15 is 0 Å². The molecule has 1 aromatic rings. The lowest BCUT2D eigenvalue weighted by atomic mass is 9.81. The summed E-state index contributed by atoms with van der Waals surface area (Å²) in [4.78, 5) is 32.8. The predicted molar refractivity (Wildman–Crippen MR) is 101 cm³/mol. The summed E-state index contributed by atoms with van der Waals surface area (Å²) in [5.41, 5.74) is 2.23. The summed E-state index contributed by atoms with van der Waals surface area (Å²) in [5.74, 6) is -2.90. The molecule has 0 saturated carbocycles. The molecule has 152 valence electrons. The van der Waals surface area contributed by atoms with Crippen LogP contribution in [0.5, 0.6) is 0 Å². The quantitative estimate of drug-likeness (QED) is 0.569. The van der Waals surface area contributed by atoms with Gasteiger partial charge in [-0.05, 0) is 48.5 Å². The summed E-state index contributed by atoms with van der Waals surface area (Å²) in [6, 6.07) is 0. The molecule has 1 aromatic heterocycles. The minimum Gasteiger partial charge on any atom is -0.460 e. The summed E-state index contributed by atoms with van der Waals surface area (Å²) in [7, 11) is 0. The molecule has 2 unspecified atom stereocenters. The van der Waals surface area contributed by atoms with E-state index in [2.05, 4.69) is 9.97 Å². The Morgan fingerprint density at radius 1 is 1.11 bits per heavy atom. The molecule has 0 fully saturated rings. The van der Waals surface area contributed by atoms with Crippen molar-refractivity contribution < 1.29 is 24.2 Å². The number of hydrogen-bond acceptors (Lipinski definition) is 8. The number of hydrogen-bond donors (Lipinski definition) is 2. The van der Waals surface area contributed by atoms with Crippen molar-refractivity contribution in [2.75, 3.05) is 5.73 Å². The van der Waals surface area contributed by atoms with Gasteiger partial charge in [-0.25, -0.2) is 9.97 Å². The standard InChI is InChI=1S/C18H28ClN3O5/c1-16(2,3)26-11(23)8-10(15(24)27-17(4,5)6)18(7,25)12-13(19)21-9-22-14(12)20/h9-10,25H,8H2,1-7H3,(H2,20,21,22). The first-order valence-corrected chi connectivity index (χ1v) is 8.86. The van der Waals surface area contributed by atoms with E-state index in [0.717, 1.165) is 6.33 Å². The van der Waals surface area contributed by atoms with Crippen molar-refractivity contribution >= 4 is 29.4 Å². The third-order valence-electron chi connectivity index (χ3n) is 3.50. The Morgan fingerprint density at radius 3 is 2.07 bits per heavy atom. The van der Waals surface area contributed by atoms with Crippen molar-refractivity contribution in [2.45, 2.75) is 71.7 Å². The molecular formula is C18H28ClN3O5. The smallest absolute Gasteiger partial charge is 0.313 e. The van der Waals surface area contributed by atoms with Crippen LogP contribution in [-0.2, 0) is 24.7 Å². The number of esters is 2. The monoisotopic (exact) mass is 401 g/mol. The van der Waals surface area contributed by atoms with Crippen LogP contribution in [0.1, 0.15) is 60.5 Å². The van der Waals surface area contributed by atoms with Crippen molar-refractivity contribution in [3.8, 4) is 0 Å². The van der Waals surface area contributed by atoms with E-state index < -0.39 is 41.1 Å². The van der Waals surface area contributed by atoms with Crippen LogP contribution in [-0.4, -0.2) is 38.2 Å². The zero-order valence-electron chi connectivity index (χ0n) is 16.8. The van der Waals surface area contributed by atoms with Crippen LogP contribution in [0, 0.1) is 5.92 Å². The van der Waals surface area contributed by atoms with E-state index in [1.54, 1.807) is 41.5 Å². The molecule has 2 atom stereocenters. The number of ether oxygens (including phenoxy) is 2. The van der Waals surface area contributed by atoms with Gasteiger partial charge in [0.1, 0.15) is 40.0 Å². The molecule has 8 nitrogen and oxygen atoms in total. The fourth-order valence-corrected chi connectivity index (χ4v) is 2.78. The van der Waals surface area contributed by atoms with E-state index in [4.69, 9.17) is 26.8 Å². The number of halogens is 1. The van der Waals surface area contributed by atoms with Crippen LogP contribution in [0.25, 0.3) is 0 Å². The van der Waals surface area contributed by atoms with Gasteiger partial charge >= 0.3 is 11.9 Å². The van der Waals surface area contributed by atoms with Crippen LogP contribution in [0.2, 0.25) is 5.15 Å². The van der Waals surface area contributed by atoms with Crippen LogP contribution in [0.15, 0.2) is 6.33 Å². The number of anilines is 1. The van der Waals surface area contributed by atoms with Gasteiger partial charge in [0.2, 0.25) is 0 Å². The lowest BCUT2D eigenvalue weighted by Crippen LogP contribution is -2.43. The zero-order valence-corrected chi connectivity index (χ0v) is 17.5. The van der Waals surface area contributed by atoms with E-state index in [9.17, 15) is 14.7 Å². The van der Waals surface area contributed by atoms with Gasteiger partial charge in [0.25, 0.3) is 0 Å². The molecule has 3 N–H and O–H groups in total. The van der Waals surface area contributed by atoms with Crippen LogP contribution in [0.3, 0.4) is 0 Å². The average molecular weight is 402 g/mol. The van der Waals surface area contributed by atoms with Crippen molar-refractivity contribution in [1.29, 1.82) is 0 Å². The molecule has 1 heterocycles. The minimum atomic E-state index is -1.97. The zero-order chi connectivity index (χ0) is 21.2. The molecule has 0 spiro atoms. The highest BCUT2D eigenvalue weighted by molar-refractivity contribution is 6.30. The molecule has 0 aliphatic rings. The number of nitrogen functional groups attached to an aromatic ring is 1. The van der Waals surface area contributed by atoms with Crippen molar-refractivity contribution in [1.82, 2.24) is 9.97 Å². The van der Waals surface area contributed by atoms with Gasteiger partial charge in [-0.15, -0.1) is 0 Å². The molecule has 0 aliphatic carbocycles. The van der Waals surface area contributed by atoms with Crippen LogP contribution < -0.4 is 5.73 Å². The van der Waals surface area contributed by atoms with E-state index in [1.807, 2.05) is 0 Å². The van der Waals surface area contributed by atoms with Crippen molar-refractivity contribution in [3.05, 3.63) is 17.0 Å². The van der Waals surface area contributed by atoms with Crippen LogP contribution in [0.4, 0.5) is 5.82 Å². The maximum atomic E-state index is 12.8. The van der Waals surface area contributed by atoms with Gasteiger partial charge in [-0.3, -0.25) is 9.59 Å². The Kier molecular flexibility index (Phi) is 6.83. The van der Waals surface area contributed by atoms with Gasteiger partial charge in [0, 0.05) is 0 Å². The second-order valence-electron chi connectivity index (χ2n) is 8.45. The average Bonchev–Trinajstić information content (AvgIpc) is 2.40.